The molecular weight excluding hydrogens is 391 g/mol. The number of fused-ring (bicyclic) bond motifs is 1. The molecule has 2 heterocycles. The zero-order valence-electron chi connectivity index (χ0n) is 16.0. The van der Waals surface area contributed by atoms with E-state index in [9.17, 15) is 23.9 Å². The third-order valence-corrected chi connectivity index (χ3v) is 5.33. The average molecular weight is 412 g/mol. The Kier molecular flexibility index (Phi) is 5.26. The van der Waals surface area contributed by atoms with E-state index in [0.29, 0.717) is 6.42 Å². The van der Waals surface area contributed by atoms with E-state index in [4.69, 9.17) is 0 Å². The fourth-order valence-corrected chi connectivity index (χ4v) is 3.87. The molecular formula is C21H21FN4O4. The molecule has 9 heteroatoms. The minimum atomic E-state index is -0.704. The number of para-hydroxylation sites is 1. The van der Waals surface area contributed by atoms with E-state index in [-0.39, 0.29) is 36.2 Å². The van der Waals surface area contributed by atoms with Crippen LogP contribution in [0.3, 0.4) is 0 Å². The Hall–Kier alpha value is -3.62. The van der Waals surface area contributed by atoms with Crippen molar-refractivity contribution in [2.45, 2.75) is 31.0 Å². The van der Waals surface area contributed by atoms with E-state index in [2.05, 4.69) is 16.0 Å². The number of urea groups is 1. The SMILES string of the molecule is O=C(Nc1ccccc1F)N[C@H]1C[C@H]2C(=O)N[C@H](Cc3ccc(O)cc3)C(=O)N2C1. The van der Waals surface area contributed by atoms with Crippen LogP contribution >= 0.6 is 0 Å². The minimum Gasteiger partial charge on any atom is -0.508 e. The number of nitrogens with zero attached hydrogens (tertiary/aromatic N) is 1. The maximum absolute atomic E-state index is 13.7. The van der Waals surface area contributed by atoms with Crippen molar-refractivity contribution >= 4 is 23.5 Å². The number of carbonyl (C=O) groups is 3. The number of piperazine rings is 1. The summed E-state index contributed by atoms with van der Waals surface area (Å²) >= 11 is 0. The molecule has 4 rings (SSSR count). The first-order valence-electron chi connectivity index (χ1n) is 9.61. The summed E-state index contributed by atoms with van der Waals surface area (Å²) in [7, 11) is 0. The molecule has 0 radical (unpaired) electrons. The van der Waals surface area contributed by atoms with Gasteiger partial charge in [-0.1, -0.05) is 24.3 Å². The first-order chi connectivity index (χ1) is 14.4. The standard InChI is InChI=1S/C21H21FN4O4/c22-15-3-1-2-4-16(15)25-21(30)23-13-10-18-19(28)24-17(20(29)26(18)11-13)9-12-5-7-14(27)8-6-12/h1-8,13,17-18,27H,9-11H2,(H,24,28)(H2,23,25,30)/t13-,17+,18-/m0/s1. The second-order valence-electron chi connectivity index (χ2n) is 7.45. The van der Waals surface area contributed by atoms with E-state index < -0.39 is 30.0 Å². The molecule has 3 atom stereocenters. The largest absolute Gasteiger partial charge is 0.508 e. The molecule has 8 nitrogen and oxygen atoms in total. The van der Waals surface area contributed by atoms with Crippen molar-refractivity contribution in [3.05, 3.63) is 59.9 Å². The minimum absolute atomic E-state index is 0.0495. The first-order valence-corrected chi connectivity index (χ1v) is 9.61. The average Bonchev–Trinajstić information content (AvgIpc) is 3.14. The van der Waals surface area contributed by atoms with Crippen molar-refractivity contribution in [2.24, 2.45) is 0 Å². The number of hydrogen-bond acceptors (Lipinski definition) is 4. The van der Waals surface area contributed by atoms with E-state index in [0.717, 1.165) is 5.56 Å². The van der Waals surface area contributed by atoms with Crippen molar-refractivity contribution in [3.8, 4) is 5.75 Å². The Balaban J connectivity index is 1.38. The number of carbonyl (C=O) groups excluding carboxylic acids is 3. The van der Waals surface area contributed by atoms with Crippen LogP contribution in [0.5, 0.6) is 5.75 Å². The molecule has 0 spiro atoms. The van der Waals surface area contributed by atoms with Gasteiger partial charge in [-0.15, -0.1) is 0 Å². The van der Waals surface area contributed by atoms with Gasteiger partial charge in [0, 0.05) is 13.0 Å². The number of rotatable bonds is 4. The van der Waals surface area contributed by atoms with Gasteiger partial charge in [0.25, 0.3) is 0 Å². The van der Waals surface area contributed by atoms with Gasteiger partial charge in [-0.2, -0.15) is 0 Å². The Morgan fingerprint density at radius 2 is 1.90 bits per heavy atom. The third-order valence-electron chi connectivity index (χ3n) is 5.33. The number of halogens is 1. The molecule has 0 bridgehead atoms. The number of hydrogen-bond donors (Lipinski definition) is 4. The number of benzene rings is 2. The van der Waals surface area contributed by atoms with Gasteiger partial charge in [-0.3, -0.25) is 9.59 Å². The highest BCUT2D eigenvalue weighted by Gasteiger charge is 2.46. The van der Waals surface area contributed by atoms with Crippen LogP contribution in [-0.2, 0) is 16.0 Å². The number of phenolic OH excluding ortho intramolecular Hbond substituents is 1. The van der Waals surface area contributed by atoms with E-state index in [1.807, 2.05) is 0 Å². The van der Waals surface area contributed by atoms with Crippen LogP contribution in [0.4, 0.5) is 14.9 Å². The maximum Gasteiger partial charge on any atom is 0.319 e. The number of amides is 4. The van der Waals surface area contributed by atoms with Gasteiger partial charge >= 0.3 is 6.03 Å². The van der Waals surface area contributed by atoms with Crippen LogP contribution in [0.2, 0.25) is 0 Å². The molecule has 156 valence electrons. The van der Waals surface area contributed by atoms with Gasteiger partial charge in [0.15, 0.2) is 0 Å². The Morgan fingerprint density at radius 3 is 2.63 bits per heavy atom. The summed E-state index contributed by atoms with van der Waals surface area (Å²) in [6.07, 6.45) is 0.591. The lowest BCUT2D eigenvalue weighted by Gasteiger charge is -2.34. The number of nitrogens with one attached hydrogen (secondary N) is 3. The molecule has 4 N–H and O–H groups in total. The number of phenols is 1. The first kappa shape index (κ1) is 19.7. The molecule has 0 aliphatic carbocycles. The second-order valence-corrected chi connectivity index (χ2v) is 7.45. The highest BCUT2D eigenvalue weighted by atomic mass is 19.1. The molecule has 2 aromatic carbocycles. The molecule has 2 saturated heterocycles. The van der Waals surface area contributed by atoms with E-state index in [1.54, 1.807) is 18.2 Å². The molecule has 2 aliphatic heterocycles. The molecule has 2 fully saturated rings. The van der Waals surface area contributed by atoms with Crippen molar-refractivity contribution < 1.29 is 23.9 Å². The van der Waals surface area contributed by atoms with Crippen molar-refractivity contribution in [1.29, 1.82) is 0 Å². The van der Waals surface area contributed by atoms with Crippen LogP contribution in [0, 0.1) is 5.82 Å². The molecule has 0 unspecified atom stereocenters. The summed E-state index contributed by atoms with van der Waals surface area (Å²) in [5, 5.41) is 17.3. The lowest BCUT2D eigenvalue weighted by Crippen LogP contribution is -2.61. The van der Waals surface area contributed by atoms with Crippen molar-refractivity contribution in [1.82, 2.24) is 15.5 Å². The third kappa shape index (κ3) is 4.05. The fourth-order valence-electron chi connectivity index (χ4n) is 3.87. The lowest BCUT2D eigenvalue weighted by atomic mass is 10.0. The highest BCUT2D eigenvalue weighted by molar-refractivity contribution is 5.98. The molecule has 2 aliphatic rings. The van der Waals surface area contributed by atoms with Gasteiger partial charge in [0.05, 0.1) is 11.7 Å². The zero-order chi connectivity index (χ0) is 21.3. The Labute approximate surface area is 172 Å². The Morgan fingerprint density at radius 1 is 1.17 bits per heavy atom. The van der Waals surface area contributed by atoms with Gasteiger partial charge in [-0.05, 0) is 36.2 Å². The van der Waals surface area contributed by atoms with Crippen molar-refractivity contribution in [3.63, 3.8) is 0 Å². The van der Waals surface area contributed by atoms with Crippen LogP contribution in [-0.4, -0.2) is 52.5 Å². The zero-order valence-corrected chi connectivity index (χ0v) is 16.0. The Bertz CT molecular complexity index is 981. The predicted molar refractivity (Wildman–Crippen MR) is 106 cm³/mol. The van der Waals surface area contributed by atoms with Crippen LogP contribution in [0.1, 0.15) is 12.0 Å². The summed E-state index contributed by atoms with van der Waals surface area (Å²) in [6, 6.07) is 9.87. The molecule has 4 amide bonds. The summed E-state index contributed by atoms with van der Waals surface area (Å²) in [6.45, 7) is 0.202. The van der Waals surface area contributed by atoms with Crippen LogP contribution < -0.4 is 16.0 Å². The van der Waals surface area contributed by atoms with Crippen LogP contribution in [0.15, 0.2) is 48.5 Å². The number of anilines is 1. The number of aromatic hydroxyl groups is 1. The van der Waals surface area contributed by atoms with Gasteiger partial charge in [0.1, 0.15) is 23.7 Å². The normalized spacial score (nSPS) is 23.0. The highest BCUT2D eigenvalue weighted by Crippen LogP contribution is 2.24. The van der Waals surface area contributed by atoms with Gasteiger partial charge < -0.3 is 26.0 Å². The fraction of sp³-hybridized carbons (Fsp3) is 0.286. The van der Waals surface area contributed by atoms with E-state index in [1.165, 1.54) is 35.2 Å². The smallest absolute Gasteiger partial charge is 0.319 e. The van der Waals surface area contributed by atoms with Crippen LogP contribution in [0.25, 0.3) is 0 Å². The monoisotopic (exact) mass is 412 g/mol. The summed E-state index contributed by atoms with van der Waals surface area (Å²) < 4.78 is 13.7. The summed E-state index contributed by atoms with van der Waals surface area (Å²) in [5.41, 5.74) is 0.858. The summed E-state index contributed by atoms with van der Waals surface area (Å²) in [4.78, 5) is 39.1. The van der Waals surface area contributed by atoms with Gasteiger partial charge in [-0.25, -0.2) is 9.18 Å². The van der Waals surface area contributed by atoms with E-state index >= 15 is 0 Å². The molecule has 0 aromatic heterocycles. The quantitative estimate of drug-likeness (QED) is 0.608. The summed E-state index contributed by atoms with van der Waals surface area (Å²) in [5.74, 6) is -0.910. The molecule has 0 saturated carbocycles. The molecule has 2 aromatic rings. The predicted octanol–water partition coefficient (Wildman–Crippen LogP) is 1.36. The van der Waals surface area contributed by atoms with Crippen molar-refractivity contribution in [2.75, 3.05) is 11.9 Å². The topological polar surface area (TPSA) is 111 Å². The second kappa shape index (κ2) is 8.02. The van der Waals surface area contributed by atoms with Gasteiger partial charge in [0.2, 0.25) is 11.8 Å². The maximum atomic E-state index is 13.7. The molecule has 30 heavy (non-hydrogen) atoms. The lowest BCUT2D eigenvalue weighted by molar-refractivity contribution is -0.147.